The van der Waals surface area contributed by atoms with Crippen LogP contribution >= 0.6 is 0 Å². The van der Waals surface area contributed by atoms with E-state index >= 15 is 0 Å². The van der Waals surface area contributed by atoms with Crippen molar-refractivity contribution < 1.29 is 14.4 Å². The zero-order chi connectivity index (χ0) is 23.0. The molecule has 0 heterocycles. The summed E-state index contributed by atoms with van der Waals surface area (Å²) in [6.45, 7) is 7.85. The molecule has 0 aliphatic rings. The lowest BCUT2D eigenvalue weighted by Crippen LogP contribution is -2.44. The van der Waals surface area contributed by atoms with Gasteiger partial charge in [0.1, 0.15) is 0 Å². The van der Waals surface area contributed by atoms with E-state index in [1.807, 2.05) is 63.2 Å². The average molecular weight is 427 g/mol. The lowest BCUT2D eigenvalue weighted by molar-refractivity contribution is -0.124. The molecular formula is C24H34N4O3. The Morgan fingerprint density at radius 1 is 0.903 bits per heavy atom. The van der Waals surface area contributed by atoms with Gasteiger partial charge in [-0.05, 0) is 44.0 Å². The van der Waals surface area contributed by atoms with E-state index in [9.17, 15) is 14.4 Å². The average Bonchev–Trinajstić information content (AvgIpc) is 2.64. The van der Waals surface area contributed by atoms with Gasteiger partial charge in [0.05, 0.1) is 0 Å². The van der Waals surface area contributed by atoms with Crippen LogP contribution < -0.4 is 21.7 Å². The van der Waals surface area contributed by atoms with Gasteiger partial charge in [-0.15, -0.1) is 0 Å². The predicted molar refractivity (Wildman–Crippen MR) is 123 cm³/mol. The normalized spacial score (nSPS) is 13.3. The fourth-order valence-electron chi connectivity index (χ4n) is 3.39. The molecule has 5 N–H and O–H groups in total. The Kier molecular flexibility index (Phi) is 8.56. The van der Waals surface area contributed by atoms with Gasteiger partial charge in [0.25, 0.3) is 0 Å². The highest BCUT2D eigenvalue weighted by Crippen LogP contribution is 2.18. The summed E-state index contributed by atoms with van der Waals surface area (Å²) in [6, 6.07) is 13.1. The van der Waals surface area contributed by atoms with Gasteiger partial charge in [-0.2, -0.15) is 0 Å². The standard InChI is InChI=1S/C24H34N4O3/c1-16(27-22(30)13-19(25)14-23(31)28-24(2,3)4)12-21(29)26-15-18-10-7-9-17-8-5-6-11-20(17)18/h5-11,16,19H,12-15,25H2,1-4H3,(H,26,29)(H,27,30)(H,28,31)/t16-,19+/m0/s1. The molecule has 2 atom stereocenters. The Morgan fingerprint density at radius 3 is 2.26 bits per heavy atom. The Labute approximate surface area is 184 Å². The van der Waals surface area contributed by atoms with E-state index in [0.29, 0.717) is 6.54 Å². The van der Waals surface area contributed by atoms with Crippen molar-refractivity contribution in [3.05, 3.63) is 48.0 Å². The summed E-state index contributed by atoms with van der Waals surface area (Å²) < 4.78 is 0. The van der Waals surface area contributed by atoms with E-state index < -0.39 is 6.04 Å². The largest absolute Gasteiger partial charge is 0.353 e. The van der Waals surface area contributed by atoms with Crippen LogP contribution in [0.4, 0.5) is 0 Å². The summed E-state index contributed by atoms with van der Waals surface area (Å²) in [5.74, 6) is -0.603. The Balaban J connectivity index is 1.74. The lowest BCUT2D eigenvalue weighted by atomic mass is 10.0. The van der Waals surface area contributed by atoms with Crippen molar-refractivity contribution >= 4 is 28.5 Å². The second-order valence-corrected chi connectivity index (χ2v) is 9.05. The molecule has 0 saturated heterocycles. The number of nitrogens with two attached hydrogens (primary N) is 1. The molecule has 2 aromatic rings. The SMILES string of the molecule is C[C@@H](CC(=O)NCc1cccc2ccccc12)NC(=O)C[C@@H](N)CC(=O)NC(C)(C)C. The minimum Gasteiger partial charge on any atom is -0.353 e. The number of fused-ring (bicyclic) bond motifs is 1. The quantitative estimate of drug-likeness (QED) is 0.493. The number of benzene rings is 2. The van der Waals surface area contributed by atoms with Crippen LogP contribution in [-0.4, -0.2) is 35.3 Å². The maximum Gasteiger partial charge on any atom is 0.222 e. The second-order valence-electron chi connectivity index (χ2n) is 9.05. The first-order valence-corrected chi connectivity index (χ1v) is 10.6. The topological polar surface area (TPSA) is 113 Å². The molecule has 0 spiro atoms. The highest BCUT2D eigenvalue weighted by Gasteiger charge is 2.19. The van der Waals surface area contributed by atoms with Crippen molar-refractivity contribution in [3.63, 3.8) is 0 Å². The van der Waals surface area contributed by atoms with Crippen molar-refractivity contribution in [1.82, 2.24) is 16.0 Å². The molecule has 0 bridgehead atoms. The first-order chi connectivity index (χ1) is 14.5. The van der Waals surface area contributed by atoms with Crippen LogP contribution in [0, 0.1) is 0 Å². The van der Waals surface area contributed by atoms with E-state index in [1.165, 1.54) is 0 Å². The van der Waals surface area contributed by atoms with E-state index in [1.54, 1.807) is 6.92 Å². The van der Waals surface area contributed by atoms with Crippen LogP contribution in [0.2, 0.25) is 0 Å². The molecule has 31 heavy (non-hydrogen) atoms. The number of nitrogens with one attached hydrogen (secondary N) is 3. The van der Waals surface area contributed by atoms with Gasteiger partial charge in [0.2, 0.25) is 17.7 Å². The molecule has 7 nitrogen and oxygen atoms in total. The monoisotopic (exact) mass is 426 g/mol. The maximum absolute atomic E-state index is 12.3. The van der Waals surface area contributed by atoms with Gasteiger partial charge < -0.3 is 21.7 Å². The molecule has 0 unspecified atom stereocenters. The van der Waals surface area contributed by atoms with Gasteiger partial charge >= 0.3 is 0 Å². The van der Waals surface area contributed by atoms with Crippen LogP contribution in [0.25, 0.3) is 10.8 Å². The first kappa shape index (κ1) is 24.3. The molecule has 0 aromatic heterocycles. The number of hydrogen-bond acceptors (Lipinski definition) is 4. The summed E-state index contributed by atoms with van der Waals surface area (Å²) >= 11 is 0. The van der Waals surface area contributed by atoms with Gasteiger partial charge in [-0.25, -0.2) is 0 Å². The Morgan fingerprint density at radius 2 is 1.55 bits per heavy atom. The van der Waals surface area contributed by atoms with Crippen molar-refractivity contribution in [2.75, 3.05) is 0 Å². The number of carbonyl (C=O) groups is 3. The molecule has 7 heteroatoms. The molecule has 0 fully saturated rings. The van der Waals surface area contributed by atoms with Gasteiger partial charge in [0, 0.05) is 43.4 Å². The van der Waals surface area contributed by atoms with Gasteiger partial charge in [0.15, 0.2) is 0 Å². The molecule has 0 aliphatic heterocycles. The third kappa shape index (κ3) is 8.76. The minimum absolute atomic E-state index is 0.0273. The zero-order valence-corrected chi connectivity index (χ0v) is 18.8. The maximum atomic E-state index is 12.3. The summed E-state index contributed by atoms with van der Waals surface area (Å²) in [4.78, 5) is 36.4. The van der Waals surface area contributed by atoms with Crippen molar-refractivity contribution in [2.24, 2.45) is 5.73 Å². The first-order valence-electron chi connectivity index (χ1n) is 10.6. The molecule has 0 saturated carbocycles. The zero-order valence-electron chi connectivity index (χ0n) is 18.8. The summed E-state index contributed by atoms with van der Waals surface area (Å²) in [7, 11) is 0. The van der Waals surface area contributed by atoms with E-state index in [2.05, 4.69) is 16.0 Å². The van der Waals surface area contributed by atoms with Crippen LogP contribution in [-0.2, 0) is 20.9 Å². The number of rotatable bonds is 9. The summed E-state index contributed by atoms with van der Waals surface area (Å²) in [5.41, 5.74) is 6.63. The number of amides is 3. The number of carbonyl (C=O) groups excluding carboxylic acids is 3. The van der Waals surface area contributed by atoms with Crippen molar-refractivity contribution in [2.45, 2.75) is 71.1 Å². The third-order valence-corrected chi connectivity index (χ3v) is 4.66. The third-order valence-electron chi connectivity index (χ3n) is 4.66. The van der Waals surface area contributed by atoms with E-state index in [0.717, 1.165) is 16.3 Å². The van der Waals surface area contributed by atoms with Crippen LogP contribution in [0.1, 0.15) is 52.5 Å². The van der Waals surface area contributed by atoms with Crippen LogP contribution in [0.15, 0.2) is 42.5 Å². The smallest absolute Gasteiger partial charge is 0.222 e. The predicted octanol–water partition coefficient (Wildman–Crippen LogP) is 2.37. The highest BCUT2D eigenvalue weighted by atomic mass is 16.2. The molecule has 0 aliphatic carbocycles. The fourth-order valence-corrected chi connectivity index (χ4v) is 3.39. The van der Waals surface area contributed by atoms with Gasteiger partial charge in [-0.3, -0.25) is 14.4 Å². The van der Waals surface area contributed by atoms with Crippen molar-refractivity contribution in [3.8, 4) is 0 Å². The molecule has 0 radical (unpaired) electrons. The van der Waals surface area contributed by atoms with Crippen LogP contribution in [0.5, 0.6) is 0 Å². The Hall–Kier alpha value is -2.93. The molecule has 2 aromatic carbocycles. The molecule has 2 rings (SSSR count). The summed E-state index contributed by atoms with van der Waals surface area (Å²) in [6.07, 6.45) is 0.264. The Bertz CT molecular complexity index is 915. The van der Waals surface area contributed by atoms with Crippen LogP contribution in [0.3, 0.4) is 0 Å². The molecule has 168 valence electrons. The minimum atomic E-state index is -0.574. The number of hydrogen-bond donors (Lipinski definition) is 4. The molecular weight excluding hydrogens is 392 g/mol. The summed E-state index contributed by atoms with van der Waals surface area (Å²) in [5, 5.41) is 10.8. The molecule has 3 amide bonds. The lowest BCUT2D eigenvalue weighted by Gasteiger charge is -2.22. The van der Waals surface area contributed by atoms with E-state index in [4.69, 9.17) is 5.73 Å². The fraction of sp³-hybridized carbons (Fsp3) is 0.458. The van der Waals surface area contributed by atoms with E-state index in [-0.39, 0.29) is 48.6 Å². The van der Waals surface area contributed by atoms with Crippen molar-refractivity contribution in [1.29, 1.82) is 0 Å². The highest BCUT2D eigenvalue weighted by molar-refractivity contribution is 5.86. The van der Waals surface area contributed by atoms with Gasteiger partial charge in [-0.1, -0.05) is 42.5 Å². The second kappa shape index (κ2) is 10.9.